The molecule has 1 aromatic carbocycles. The van der Waals surface area contributed by atoms with Crippen molar-refractivity contribution in [1.29, 1.82) is 0 Å². The molecule has 3 aliphatic rings. The molecule has 3 saturated heterocycles. The summed E-state index contributed by atoms with van der Waals surface area (Å²) in [5.41, 5.74) is -0.370. The quantitative estimate of drug-likeness (QED) is 0.793. The lowest BCUT2D eigenvalue weighted by molar-refractivity contribution is 0.00739. The average Bonchev–Trinajstić information content (AvgIpc) is 3.16. The maximum atomic E-state index is 13.3. The van der Waals surface area contributed by atoms with Crippen molar-refractivity contribution in [3.8, 4) is 0 Å². The highest BCUT2D eigenvalue weighted by molar-refractivity contribution is 7.89. The van der Waals surface area contributed by atoms with Crippen molar-refractivity contribution in [3.63, 3.8) is 0 Å². The van der Waals surface area contributed by atoms with Crippen LogP contribution in [-0.4, -0.2) is 63.1 Å². The minimum atomic E-state index is -3.77. The lowest BCUT2D eigenvalue weighted by Crippen LogP contribution is -2.40. The molecule has 1 aromatic rings. The average molecular weight is 389 g/mol. The topological polar surface area (TPSA) is 49.9 Å². The molecule has 2 bridgehead atoms. The van der Waals surface area contributed by atoms with E-state index < -0.39 is 15.8 Å². The normalized spacial score (nSPS) is 34.8. The van der Waals surface area contributed by atoms with Crippen LogP contribution in [0.3, 0.4) is 0 Å². The van der Waals surface area contributed by atoms with Crippen molar-refractivity contribution in [2.45, 2.75) is 29.4 Å². The van der Waals surface area contributed by atoms with Crippen LogP contribution >= 0.6 is 11.6 Å². The van der Waals surface area contributed by atoms with Crippen LogP contribution in [0.1, 0.15) is 12.8 Å². The number of ether oxygens (including phenoxy) is 1. The Morgan fingerprint density at radius 1 is 1.44 bits per heavy atom. The van der Waals surface area contributed by atoms with Crippen LogP contribution in [0.15, 0.2) is 23.1 Å². The Hall–Kier alpha value is -0.730. The van der Waals surface area contributed by atoms with Gasteiger partial charge in [0.15, 0.2) is 0 Å². The summed E-state index contributed by atoms with van der Waals surface area (Å²) in [6.45, 7) is 1.68. The van der Waals surface area contributed by atoms with Crippen LogP contribution in [0, 0.1) is 17.7 Å². The van der Waals surface area contributed by atoms with E-state index in [2.05, 4.69) is 4.90 Å². The maximum absolute atomic E-state index is 13.3. The van der Waals surface area contributed by atoms with Gasteiger partial charge in [-0.05, 0) is 45.1 Å². The molecule has 3 fully saturated rings. The number of rotatable bonds is 4. The summed E-state index contributed by atoms with van der Waals surface area (Å²) >= 11 is 6.00. The smallest absolute Gasteiger partial charge is 0.244 e. The summed E-state index contributed by atoms with van der Waals surface area (Å²) in [6, 6.07) is 3.42. The van der Waals surface area contributed by atoms with Gasteiger partial charge in [-0.25, -0.2) is 12.8 Å². The fourth-order valence-electron chi connectivity index (χ4n) is 4.82. The molecule has 5 nitrogen and oxygen atoms in total. The molecular weight excluding hydrogens is 367 g/mol. The van der Waals surface area contributed by atoms with Gasteiger partial charge < -0.3 is 9.64 Å². The van der Waals surface area contributed by atoms with Crippen molar-refractivity contribution in [3.05, 3.63) is 29.0 Å². The monoisotopic (exact) mass is 388 g/mol. The summed E-state index contributed by atoms with van der Waals surface area (Å²) in [4.78, 5) is 2.10. The molecule has 4 atom stereocenters. The zero-order valence-corrected chi connectivity index (χ0v) is 15.9. The second-order valence-electron chi connectivity index (χ2n) is 7.66. The Labute approximate surface area is 152 Å². The predicted octanol–water partition coefficient (Wildman–Crippen LogP) is 2.21. The van der Waals surface area contributed by atoms with Crippen LogP contribution in [0.5, 0.6) is 0 Å². The number of fused-ring (bicyclic) bond motifs is 1. The van der Waals surface area contributed by atoms with Gasteiger partial charge in [-0.2, -0.15) is 4.31 Å². The molecule has 4 rings (SSSR count). The first-order valence-corrected chi connectivity index (χ1v) is 10.3. The van der Waals surface area contributed by atoms with E-state index in [0.717, 1.165) is 31.5 Å². The number of benzene rings is 1. The zero-order chi connectivity index (χ0) is 18.0. The van der Waals surface area contributed by atoms with Crippen molar-refractivity contribution in [2.75, 3.05) is 33.7 Å². The Bertz CT molecular complexity index is 803. The molecule has 0 aromatic heterocycles. The summed E-state index contributed by atoms with van der Waals surface area (Å²) < 4.78 is 47.1. The van der Waals surface area contributed by atoms with Crippen LogP contribution in [0.4, 0.5) is 4.39 Å². The molecular formula is C17H22ClFN2O3S. The molecule has 0 saturated carbocycles. The maximum Gasteiger partial charge on any atom is 0.244 e. The lowest BCUT2D eigenvalue weighted by Gasteiger charge is -2.31. The van der Waals surface area contributed by atoms with Crippen LogP contribution in [-0.2, 0) is 14.8 Å². The number of nitrogens with zero attached hydrogens (tertiary/aromatic N) is 2. The predicted molar refractivity (Wildman–Crippen MR) is 92.5 cm³/mol. The van der Waals surface area contributed by atoms with Crippen LogP contribution in [0.25, 0.3) is 0 Å². The molecule has 0 N–H and O–H groups in total. The largest absolute Gasteiger partial charge is 0.370 e. The summed E-state index contributed by atoms with van der Waals surface area (Å²) in [7, 11) is 0.288. The minimum absolute atomic E-state index is 0.0364. The van der Waals surface area contributed by atoms with Gasteiger partial charge in [0.2, 0.25) is 10.0 Å². The second-order valence-corrected chi connectivity index (χ2v) is 9.98. The molecule has 8 heteroatoms. The Kier molecular flexibility index (Phi) is 4.16. The second kappa shape index (κ2) is 5.89. The van der Waals surface area contributed by atoms with Gasteiger partial charge in [-0.1, -0.05) is 11.6 Å². The Balaban J connectivity index is 1.63. The summed E-state index contributed by atoms with van der Waals surface area (Å²) in [6.07, 6.45) is 2.11. The molecule has 3 aliphatic heterocycles. The highest BCUT2D eigenvalue weighted by Gasteiger charge is 2.64. The van der Waals surface area contributed by atoms with Gasteiger partial charge in [-0.3, -0.25) is 0 Å². The Morgan fingerprint density at radius 3 is 2.88 bits per heavy atom. The SMILES string of the molecule is CN(C)C[C@H]1[C@@H]2CC[C@@]3(CN(S(=O)(=O)c4ccc(F)cc4Cl)C[C@@H]13)O2. The number of halogens is 2. The summed E-state index contributed by atoms with van der Waals surface area (Å²) in [5, 5.41) is -0.0791. The van der Waals surface area contributed by atoms with E-state index in [0.29, 0.717) is 19.0 Å². The Morgan fingerprint density at radius 2 is 2.20 bits per heavy atom. The van der Waals surface area contributed by atoms with E-state index in [9.17, 15) is 12.8 Å². The number of hydrogen-bond acceptors (Lipinski definition) is 4. The van der Waals surface area contributed by atoms with E-state index in [-0.39, 0.29) is 27.5 Å². The van der Waals surface area contributed by atoms with Crippen molar-refractivity contribution in [2.24, 2.45) is 11.8 Å². The van der Waals surface area contributed by atoms with Gasteiger partial charge in [0.1, 0.15) is 10.7 Å². The highest BCUT2D eigenvalue weighted by Crippen LogP contribution is 2.55. The molecule has 25 heavy (non-hydrogen) atoms. The van der Waals surface area contributed by atoms with Crippen molar-refractivity contribution < 1.29 is 17.5 Å². The van der Waals surface area contributed by atoms with Gasteiger partial charge in [0.05, 0.1) is 16.7 Å². The first kappa shape index (κ1) is 17.7. The number of hydrogen-bond donors (Lipinski definition) is 0. The number of sulfonamides is 1. The first-order chi connectivity index (χ1) is 11.7. The molecule has 138 valence electrons. The molecule has 0 radical (unpaired) electrons. The van der Waals surface area contributed by atoms with Gasteiger partial charge in [-0.15, -0.1) is 0 Å². The van der Waals surface area contributed by atoms with E-state index >= 15 is 0 Å². The molecule has 0 aliphatic carbocycles. The van der Waals surface area contributed by atoms with E-state index in [1.165, 1.54) is 10.4 Å². The van der Waals surface area contributed by atoms with Gasteiger partial charge >= 0.3 is 0 Å². The first-order valence-electron chi connectivity index (χ1n) is 8.51. The molecule has 3 heterocycles. The van der Waals surface area contributed by atoms with Crippen LogP contribution in [0.2, 0.25) is 5.02 Å². The van der Waals surface area contributed by atoms with E-state index in [4.69, 9.17) is 16.3 Å². The fraction of sp³-hybridized carbons (Fsp3) is 0.647. The zero-order valence-electron chi connectivity index (χ0n) is 14.3. The summed E-state index contributed by atoms with van der Waals surface area (Å²) in [5.74, 6) is -0.0101. The highest BCUT2D eigenvalue weighted by atomic mass is 35.5. The third-order valence-corrected chi connectivity index (χ3v) is 8.13. The molecule has 0 amide bonds. The molecule has 0 unspecified atom stereocenters. The third-order valence-electron chi connectivity index (χ3n) is 5.84. The third kappa shape index (κ3) is 2.72. The van der Waals surface area contributed by atoms with Crippen molar-refractivity contribution >= 4 is 21.6 Å². The van der Waals surface area contributed by atoms with Crippen LogP contribution < -0.4 is 0 Å². The van der Waals surface area contributed by atoms with E-state index in [1.54, 1.807) is 0 Å². The van der Waals surface area contributed by atoms with Gasteiger partial charge in [0.25, 0.3) is 0 Å². The standard InChI is InChI=1S/C17H22ClFN2O3S/c1-20(2)8-12-13-9-21(10-17(13)6-5-15(12)24-17)25(22,23)16-4-3-11(19)7-14(16)18/h3-4,7,12-13,15H,5-6,8-10H2,1-2H3/t12-,13+,15+,17+/m1/s1. The lowest BCUT2D eigenvalue weighted by atomic mass is 9.73. The minimum Gasteiger partial charge on any atom is -0.370 e. The van der Waals surface area contributed by atoms with Crippen molar-refractivity contribution in [1.82, 2.24) is 9.21 Å². The molecule has 1 spiro atoms. The van der Waals surface area contributed by atoms with Gasteiger partial charge in [0, 0.05) is 31.5 Å². The fourth-order valence-corrected chi connectivity index (χ4v) is 6.85. The van der Waals surface area contributed by atoms with E-state index in [1.807, 2.05) is 14.1 Å².